The molecule has 3 aromatic carbocycles. The number of benzene rings is 3. The van der Waals surface area contributed by atoms with Crippen LogP contribution in [0, 0.1) is 0 Å². The molecular formula is C33H38N4O5. The van der Waals surface area contributed by atoms with Crippen molar-refractivity contribution in [2.24, 2.45) is 0 Å². The molecule has 9 nitrogen and oxygen atoms in total. The molecule has 4 atom stereocenters. The normalized spacial score (nSPS) is 19.8. The van der Waals surface area contributed by atoms with E-state index in [1.165, 1.54) is 4.90 Å². The van der Waals surface area contributed by atoms with E-state index in [0.29, 0.717) is 25.8 Å². The molecule has 2 saturated heterocycles. The zero-order valence-corrected chi connectivity index (χ0v) is 23.6. The summed E-state index contributed by atoms with van der Waals surface area (Å²) in [5, 5.41) is 21.0. The molecule has 0 radical (unpaired) electrons. The van der Waals surface area contributed by atoms with Crippen LogP contribution < -0.4 is 16.0 Å². The molecule has 2 fully saturated rings. The Morgan fingerprint density at radius 3 is 2.36 bits per heavy atom. The minimum absolute atomic E-state index is 0.0167. The summed E-state index contributed by atoms with van der Waals surface area (Å²) in [5.41, 5.74) is 1.85. The van der Waals surface area contributed by atoms with Crippen LogP contribution in [0.5, 0.6) is 0 Å². The van der Waals surface area contributed by atoms with Crippen LogP contribution in [-0.2, 0) is 32.0 Å². The summed E-state index contributed by atoms with van der Waals surface area (Å²) in [6, 6.07) is 20.9. The number of amides is 3. The molecule has 2 aliphatic rings. The fraction of sp³-hybridized carbons (Fsp3) is 0.394. The zero-order chi connectivity index (χ0) is 29.5. The summed E-state index contributed by atoms with van der Waals surface area (Å²) in [6.07, 6.45) is 3.32. The van der Waals surface area contributed by atoms with Gasteiger partial charge in [0.05, 0.1) is 6.04 Å². The highest BCUT2D eigenvalue weighted by Gasteiger charge is 2.38. The van der Waals surface area contributed by atoms with E-state index in [1.54, 1.807) is 0 Å². The molecular weight excluding hydrogens is 532 g/mol. The van der Waals surface area contributed by atoms with Crippen LogP contribution in [-0.4, -0.2) is 71.0 Å². The predicted octanol–water partition coefficient (Wildman–Crippen LogP) is 2.81. The van der Waals surface area contributed by atoms with Crippen LogP contribution in [0.2, 0.25) is 0 Å². The van der Waals surface area contributed by atoms with Gasteiger partial charge in [-0.25, -0.2) is 4.79 Å². The van der Waals surface area contributed by atoms with E-state index < -0.39 is 30.0 Å². The Hall–Kier alpha value is -4.24. The smallest absolute Gasteiger partial charge is 0.326 e. The molecule has 2 heterocycles. The molecule has 3 aromatic rings. The maximum absolute atomic E-state index is 13.8. The van der Waals surface area contributed by atoms with E-state index >= 15 is 0 Å². The van der Waals surface area contributed by atoms with Crippen LogP contribution >= 0.6 is 0 Å². The van der Waals surface area contributed by atoms with Crippen LogP contribution in [0.1, 0.15) is 43.2 Å². The van der Waals surface area contributed by atoms with Gasteiger partial charge in [-0.1, -0.05) is 72.8 Å². The van der Waals surface area contributed by atoms with Gasteiger partial charge in [0.2, 0.25) is 17.7 Å². The minimum atomic E-state index is -1.04. The SMILES string of the molecule is O=C(CC(Cc1ccccc1)NC(=O)C1CCCN1)NC(Cc1ccc2ccccc2c1)C(=O)N1CCCC1C(=O)O. The molecule has 4 N–H and O–H groups in total. The number of carbonyl (C=O) groups is 4. The Morgan fingerprint density at radius 2 is 1.62 bits per heavy atom. The lowest BCUT2D eigenvalue weighted by Crippen LogP contribution is -2.54. The molecule has 42 heavy (non-hydrogen) atoms. The van der Waals surface area contributed by atoms with E-state index in [0.717, 1.165) is 41.3 Å². The molecule has 220 valence electrons. The first-order valence-corrected chi connectivity index (χ1v) is 14.8. The molecule has 0 bridgehead atoms. The highest BCUT2D eigenvalue weighted by Crippen LogP contribution is 2.22. The average molecular weight is 571 g/mol. The number of likely N-dealkylation sites (tertiary alicyclic amines) is 1. The van der Waals surface area contributed by atoms with Crippen molar-refractivity contribution in [3.8, 4) is 0 Å². The third-order valence-corrected chi connectivity index (χ3v) is 8.19. The fourth-order valence-corrected chi connectivity index (χ4v) is 6.05. The van der Waals surface area contributed by atoms with Crippen LogP contribution in [0.4, 0.5) is 0 Å². The van der Waals surface area contributed by atoms with Gasteiger partial charge >= 0.3 is 5.97 Å². The van der Waals surface area contributed by atoms with Gasteiger partial charge in [-0.05, 0) is 60.5 Å². The van der Waals surface area contributed by atoms with Crippen molar-refractivity contribution in [3.05, 3.63) is 83.9 Å². The van der Waals surface area contributed by atoms with Gasteiger partial charge in [-0.15, -0.1) is 0 Å². The molecule has 9 heteroatoms. The van der Waals surface area contributed by atoms with Gasteiger partial charge < -0.3 is 26.0 Å². The molecule has 3 amide bonds. The number of fused-ring (bicyclic) bond motifs is 1. The summed E-state index contributed by atoms with van der Waals surface area (Å²) in [5.74, 6) is -1.95. The van der Waals surface area contributed by atoms with Gasteiger partial charge in [-0.2, -0.15) is 0 Å². The lowest BCUT2D eigenvalue weighted by atomic mass is 9.99. The Labute approximate surface area is 245 Å². The van der Waals surface area contributed by atoms with E-state index in [1.807, 2.05) is 72.8 Å². The number of carbonyl (C=O) groups excluding carboxylic acids is 3. The maximum atomic E-state index is 13.8. The number of hydrogen-bond acceptors (Lipinski definition) is 5. The molecule has 0 saturated carbocycles. The number of nitrogens with zero attached hydrogens (tertiary/aromatic N) is 1. The van der Waals surface area contributed by atoms with E-state index in [9.17, 15) is 24.3 Å². The average Bonchev–Trinajstić information content (AvgIpc) is 3.70. The molecule has 2 aliphatic heterocycles. The third-order valence-electron chi connectivity index (χ3n) is 8.19. The molecule has 5 rings (SSSR count). The first kappa shape index (κ1) is 29.3. The largest absolute Gasteiger partial charge is 0.480 e. The lowest BCUT2D eigenvalue weighted by Gasteiger charge is -2.28. The Balaban J connectivity index is 1.34. The monoisotopic (exact) mass is 570 g/mol. The number of aliphatic carboxylic acids is 1. The number of nitrogens with one attached hydrogen (secondary N) is 3. The second-order valence-electron chi connectivity index (χ2n) is 11.3. The second kappa shape index (κ2) is 13.6. The van der Waals surface area contributed by atoms with Crippen molar-refractivity contribution in [1.29, 1.82) is 0 Å². The quantitative estimate of drug-likeness (QED) is 0.281. The summed E-state index contributed by atoms with van der Waals surface area (Å²) in [4.78, 5) is 53.5. The summed E-state index contributed by atoms with van der Waals surface area (Å²) in [7, 11) is 0. The van der Waals surface area contributed by atoms with Gasteiger partial charge in [0.25, 0.3) is 0 Å². The first-order chi connectivity index (χ1) is 20.4. The summed E-state index contributed by atoms with van der Waals surface area (Å²) < 4.78 is 0. The van der Waals surface area contributed by atoms with Gasteiger partial charge in [0, 0.05) is 25.4 Å². The van der Waals surface area contributed by atoms with Crippen LogP contribution in [0.25, 0.3) is 10.8 Å². The van der Waals surface area contributed by atoms with Crippen molar-refractivity contribution < 1.29 is 24.3 Å². The Kier molecular flexibility index (Phi) is 9.48. The van der Waals surface area contributed by atoms with Crippen molar-refractivity contribution >= 4 is 34.5 Å². The van der Waals surface area contributed by atoms with Crippen molar-refractivity contribution in [3.63, 3.8) is 0 Å². The number of rotatable bonds is 11. The molecule has 0 aromatic heterocycles. The first-order valence-electron chi connectivity index (χ1n) is 14.8. The van der Waals surface area contributed by atoms with E-state index in [4.69, 9.17) is 0 Å². The third kappa shape index (κ3) is 7.33. The maximum Gasteiger partial charge on any atom is 0.326 e. The van der Waals surface area contributed by atoms with Gasteiger partial charge in [0.15, 0.2) is 0 Å². The zero-order valence-electron chi connectivity index (χ0n) is 23.6. The van der Waals surface area contributed by atoms with Crippen molar-refractivity contribution in [2.75, 3.05) is 13.1 Å². The highest BCUT2D eigenvalue weighted by molar-refractivity contribution is 5.92. The van der Waals surface area contributed by atoms with Crippen molar-refractivity contribution in [1.82, 2.24) is 20.9 Å². The minimum Gasteiger partial charge on any atom is -0.480 e. The Bertz CT molecular complexity index is 1420. The van der Waals surface area contributed by atoms with E-state index in [2.05, 4.69) is 16.0 Å². The lowest BCUT2D eigenvalue weighted by molar-refractivity contribution is -0.149. The second-order valence-corrected chi connectivity index (χ2v) is 11.3. The molecule has 0 aliphatic carbocycles. The Morgan fingerprint density at radius 1 is 0.857 bits per heavy atom. The van der Waals surface area contributed by atoms with Gasteiger partial charge in [0.1, 0.15) is 12.1 Å². The van der Waals surface area contributed by atoms with Crippen LogP contribution in [0.15, 0.2) is 72.8 Å². The number of carboxylic acid groups (broad SMARTS) is 1. The van der Waals surface area contributed by atoms with Gasteiger partial charge in [-0.3, -0.25) is 14.4 Å². The topological polar surface area (TPSA) is 128 Å². The van der Waals surface area contributed by atoms with Crippen LogP contribution in [0.3, 0.4) is 0 Å². The standard InChI is InChI=1S/C33H38N4O5/c38-30(21-26(19-22-8-2-1-3-9-22)35-31(39)27-12-6-16-34-27)36-28(32(40)37-17-7-13-29(37)33(41)42)20-23-14-15-24-10-4-5-11-25(24)18-23/h1-5,8-11,14-15,18,26-29,34H,6-7,12-13,16-17,19-21H2,(H,35,39)(H,36,38)(H,41,42). The fourth-order valence-electron chi connectivity index (χ4n) is 6.05. The number of hydrogen-bond donors (Lipinski definition) is 4. The number of carboxylic acids is 1. The highest BCUT2D eigenvalue weighted by atomic mass is 16.4. The molecule has 0 spiro atoms. The predicted molar refractivity (Wildman–Crippen MR) is 160 cm³/mol. The summed E-state index contributed by atoms with van der Waals surface area (Å²) in [6.45, 7) is 1.12. The van der Waals surface area contributed by atoms with E-state index in [-0.39, 0.29) is 30.7 Å². The molecule has 4 unspecified atom stereocenters. The summed E-state index contributed by atoms with van der Waals surface area (Å²) >= 11 is 0. The van der Waals surface area contributed by atoms with Crippen molar-refractivity contribution in [2.45, 2.75) is 69.1 Å².